The van der Waals surface area contributed by atoms with Crippen molar-refractivity contribution in [3.63, 3.8) is 0 Å². The highest BCUT2D eigenvalue weighted by molar-refractivity contribution is 5.89. The summed E-state index contributed by atoms with van der Waals surface area (Å²) in [5, 5.41) is 0. The third-order valence-corrected chi connectivity index (χ3v) is 6.52. The maximum absolute atomic E-state index is 12.9. The SMILES string of the molecule is O=C(NNC(=O)[C@@H]1CC1(c1ccccc1)c1ccccc1)[C@H]1C[C@H]1c1ccccc1. The molecule has 0 radical (unpaired) electrons. The van der Waals surface area contributed by atoms with Gasteiger partial charge in [0.2, 0.25) is 11.8 Å². The largest absolute Gasteiger partial charge is 0.273 e. The molecular formula is C26H24N2O2. The first-order chi connectivity index (χ1) is 14.7. The molecular weight excluding hydrogens is 372 g/mol. The maximum Gasteiger partial charge on any atom is 0.242 e. The fourth-order valence-electron chi connectivity index (χ4n) is 4.71. The second-order valence-corrected chi connectivity index (χ2v) is 8.30. The van der Waals surface area contributed by atoms with E-state index in [1.165, 1.54) is 5.56 Å². The minimum atomic E-state index is -0.330. The predicted molar refractivity (Wildman–Crippen MR) is 115 cm³/mol. The summed E-state index contributed by atoms with van der Waals surface area (Å²) in [6, 6.07) is 30.4. The van der Waals surface area contributed by atoms with Crippen molar-refractivity contribution in [2.24, 2.45) is 11.8 Å². The van der Waals surface area contributed by atoms with Crippen molar-refractivity contribution < 1.29 is 9.59 Å². The molecule has 0 spiro atoms. The van der Waals surface area contributed by atoms with Crippen molar-refractivity contribution in [3.8, 4) is 0 Å². The van der Waals surface area contributed by atoms with Crippen LogP contribution in [-0.2, 0) is 15.0 Å². The number of hydrazine groups is 1. The minimum absolute atomic E-state index is 0.0695. The molecule has 30 heavy (non-hydrogen) atoms. The van der Waals surface area contributed by atoms with Crippen molar-refractivity contribution in [2.45, 2.75) is 24.2 Å². The lowest BCUT2D eigenvalue weighted by Crippen LogP contribution is -2.44. The lowest BCUT2D eigenvalue weighted by molar-refractivity contribution is -0.130. The maximum atomic E-state index is 12.9. The second kappa shape index (κ2) is 7.45. The van der Waals surface area contributed by atoms with Gasteiger partial charge in [0.15, 0.2) is 0 Å². The molecule has 0 aromatic heterocycles. The van der Waals surface area contributed by atoms with Crippen molar-refractivity contribution >= 4 is 11.8 Å². The number of hydrogen-bond acceptors (Lipinski definition) is 2. The molecule has 0 bridgehead atoms. The third kappa shape index (κ3) is 3.28. The van der Waals surface area contributed by atoms with E-state index >= 15 is 0 Å². The monoisotopic (exact) mass is 396 g/mol. The molecule has 3 atom stereocenters. The molecule has 5 rings (SSSR count). The van der Waals surface area contributed by atoms with Crippen LogP contribution >= 0.6 is 0 Å². The lowest BCUT2D eigenvalue weighted by atomic mass is 9.85. The van der Waals surface area contributed by atoms with Gasteiger partial charge in [0, 0.05) is 11.3 Å². The summed E-state index contributed by atoms with van der Waals surface area (Å²) in [5.74, 6) is -0.265. The van der Waals surface area contributed by atoms with Gasteiger partial charge in [0.05, 0.1) is 5.92 Å². The second-order valence-electron chi connectivity index (χ2n) is 8.30. The highest BCUT2D eigenvalue weighted by atomic mass is 16.2. The van der Waals surface area contributed by atoms with Crippen LogP contribution in [-0.4, -0.2) is 11.8 Å². The van der Waals surface area contributed by atoms with E-state index in [0.29, 0.717) is 0 Å². The number of carbonyl (C=O) groups excluding carboxylic acids is 2. The predicted octanol–water partition coefficient (Wildman–Crippen LogP) is 3.94. The van der Waals surface area contributed by atoms with Gasteiger partial charge in [0.25, 0.3) is 0 Å². The fourth-order valence-corrected chi connectivity index (χ4v) is 4.71. The Bertz CT molecular complexity index is 1010. The molecule has 0 unspecified atom stereocenters. The number of carbonyl (C=O) groups is 2. The highest BCUT2D eigenvalue weighted by Gasteiger charge is 2.60. The van der Waals surface area contributed by atoms with Gasteiger partial charge in [-0.1, -0.05) is 91.0 Å². The summed E-state index contributed by atoms with van der Waals surface area (Å²) in [7, 11) is 0. The molecule has 2 aliphatic carbocycles. The van der Waals surface area contributed by atoms with Crippen LogP contribution in [0, 0.1) is 11.8 Å². The smallest absolute Gasteiger partial charge is 0.242 e. The molecule has 2 amide bonds. The topological polar surface area (TPSA) is 58.2 Å². The minimum Gasteiger partial charge on any atom is -0.273 e. The van der Waals surface area contributed by atoms with E-state index in [-0.39, 0.29) is 35.0 Å². The third-order valence-electron chi connectivity index (χ3n) is 6.52. The molecule has 150 valence electrons. The first-order valence-corrected chi connectivity index (χ1v) is 10.5. The molecule has 0 aliphatic heterocycles. The van der Waals surface area contributed by atoms with E-state index in [4.69, 9.17) is 0 Å². The van der Waals surface area contributed by atoms with Crippen molar-refractivity contribution in [1.82, 2.24) is 10.9 Å². The standard InChI is InChI=1S/C26H24N2O2/c29-24(22-16-21(22)18-10-4-1-5-11-18)27-28-25(30)23-17-26(23,19-12-6-2-7-13-19)20-14-8-3-9-15-20/h1-15,21-23H,16-17H2,(H,27,29)(H,28,30)/t21-,22-,23-/m0/s1. The van der Waals surface area contributed by atoms with Gasteiger partial charge in [-0.25, -0.2) is 0 Å². The molecule has 2 aliphatic rings. The molecule has 0 saturated heterocycles. The van der Waals surface area contributed by atoms with E-state index < -0.39 is 0 Å². The zero-order chi connectivity index (χ0) is 20.6. The van der Waals surface area contributed by atoms with Crippen molar-refractivity contribution in [3.05, 3.63) is 108 Å². The number of nitrogens with one attached hydrogen (secondary N) is 2. The average molecular weight is 396 g/mol. The Labute approximate surface area is 176 Å². The van der Waals surface area contributed by atoms with Gasteiger partial charge < -0.3 is 0 Å². The number of hydrogen-bond donors (Lipinski definition) is 2. The number of rotatable bonds is 5. The average Bonchev–Trinajstić information content (AvgIpc) is 3.73. The lowest BCUT2D eigenvalue weighted by Gasteiger charge is -2.19. The Hall–Kier alpha value is -3.40. The summed E-state index contributed by atoms with van der Waals surface area (Å²) in [4.78, 5) is 25.5. The van der Waals surface area contributed by atoms with Gasteiger partial charge in [-0.05, 0) is 35.4 Å². The first-order valence-electron chi connectivity index (χ1n) is 10.5. The highest BCUT2D eigenvalue weighted by Crippen LogP contribution is 2.58. The van der Waals surface area contributed by atoms with Crippen molar-refractivity contribution in [2.75, 3.05) is 0 Å². The molecule has 2 saturated carbocycles. The summed E-state index contributed by atoms with van der Waals surface area (Å²) in [6.45, 7) is 0. The van der Waals surface area contributed by atoms with Crippen LogP contribution in [0.15, 0.2) is 91.0 Å². The quantitative estimate of drug-likeness (QED) is 0.642. The Morgan fingerprint density at radius 3 is 1.77 bits per heavy atom. The van der Waals surface area contributed by atoms with Crippen LogP contribution in [0.3, 0.4) is 0 Å². The van der Waals surface area contributed by atoms with E-state index in [1.54, 1.807) is 0 Å². The summed E-state index contributed by atoms with van der Waals surface area (Å²) in [5.41, 5.74) is 8.48. The van der Waals surface area contributed by atoms with Gasteiger partial charge in [-0.3, -0.25) is 20.4 Å². The van der Waals surface area contributed by atoms with Crippen LogP contribution < -0.4 is 10.9 Å². The molecule has 2 fully saturated rings. The molecule has 3 aromatic rings. The summed E-state index contributed by atoms with van der Waals surface area (Å²) >= 11 is 0. The van der Waals surface area contributed by atoms with E-state index in [9.17, 15) is 9.59 Å². The van der Waals surface area contributed by atoms with Crippen LogP contribution in [0.1, 0.15) is 35.4 Å². The normalized spacial score (nSPS) is 23.3. The zero-order valence-corrected chi connectivity index (χ0v) is 16.6. The van der Waals surface area contributed by atoms with E-state index in [1.807, 2.05) is 54.6 Å². The van der Waals surface area contributed by atoms with Crippen LogP contribution in [0.2, 0.25) is 0 Å². The Kier molecular flexibility index (Phi) is 4.62. The van der Waals surface area contributed by atoms with Gasteiger partial charge in [-0.15, -0.1) is 0 Å². The zero-order valence-electron chi connectivity index (χ0n) is 16.6. The van der Waals surface area contributed by atoms with Gasteiger partial charge >= 0.3 is 0 Å². The Balaban J connectivity index is 1.25. The van der Waals surface area contributed by atoms with Crippen LogP contribution in [0.4, 0.5) is 0 Å². The van der Waals surface area contributed by atoms with Gasteiger partial charge in [0.1, 0.15) is 0 Å². The Morgan fingerprint density at radius 2 is 1.20 bits per heavy atom. The molecule has 0 heterocycles. The summed E-state index contributed by atoms with van der Waals surface area (Å²) in [6.07, 6.45) is 1.56. The molecule has 4 heteroatoms. The molecule has 3 aromatic carbocycles. The van der Waals surface area contributed by atoms with E-state index in [2.05, 4.69) is 47.2 Å². The summed E-state index contributed by atoms with van der Waals surface area (Å²) < 4.78 is 0. The number of benzene rings is 3. The first kappa shape index (κ1) is 18.6. The fraction of sp³-hybridized carbons (Fsp3) is 0.231. The van der Waals surface area contributed by atoms with E-state index in [0.717, 1.165) is 24.0 Å². The van der Waals surface area contributed by atoms with Crippen LogP contribution in [0.5, 0.6) is 0 Å². The van der Waals surface area contributed by atoms with Crippen molar-refractivity contribution in [1.29, 1.82) is 0 Å². The number of amides is 2. The molecule has 4 nitrogen and oxygen atoms in total. The van der Waals surface area contributed by atoms with Gasteiger partial charge in [-0.2, -0.15) is 0 Å². The van der Waals surface area contributed by atoms with Crippen LogP contribution in [0.25, 0.3) is 0 Å². The Morgan fingerprint density at radius 1 is 0.700 bits per heavy atom. The molecule has 2 N–H and O–H groups in total.